The van der Waals surface area contributed by atoms with E-state index >= 15 is 0 Å². The van der Waals surface area contributed by atoms with Gasteiger partial charge in [-0.2, -0.15) is 0 Å². The highest BCUT2D eigenvalue weighted by molar-refractivity contribution is 6.05. The number of carbonyl (C=O) groups excluding carboxylic acids is 1. The summed E-state index contributed by atoms with van der Waals surface area (Å²) in [6, 6.07) is 11.3. The topological polar surface area (TPSA) is 42.3 Å². The first kappa shape index (κ1) is 20.0. The second-order valence-electron chi connectivity index (χ2n) is 6.64. The van der Waals surface area contributed by atoms with Gasteiger partial charge in [0.25, 0.3) is 11.5 Å². The van der Waals surface area contributed by atoms with Gasteiger partial charge >= 0.3 is 0 Å². The lowest BCUT2D eigenvalue weighted by Crippen LogP contribution is -2.36. The van der Waals surface area contributed by atoms with E-state index in [0.717, 1.165) is 49.0 Å². The van der Waals surface area contributed by atoms with Crippen molar-refractivity contribution in [1.29, 1.82) is 0 Å². The first-order valence-corrected chi connectivity index (χ1v) is 9.63. The summed E-state index contributed by atoms with van der Waals surface area (Å²) in [5.41, 5.74) is 3.09. The van der Waals surface area contributed by atoms with Gasteiger partial charge in [0.2, 0.25) is 0 Å². The van der Waals surface area contributed by atoms with E-state index in [1.54, 1.807) is 11.9 Å². The summed E-state index contributed by atoms with van der Waals surface area (Å²) in [7, 11) is 1.72. The first-order chi connectivity index (χ1) is 12.5. The molecule has 0 saturated carbocycles. The highest BCUT2D eigenvalue weighted by Gasteiger charge is 2.21. The van der Waals surface area contributed by atoms with Crippen molar-refractivity contribution in [3.63, 3.8) is 0 Å². The number of unbranched alkanes of at least 4 members (excludes halogenated alkanes) is 1. The van der Waals surface area contributed by atoms with Crippen molar-refractivity contribution >= 4 is 11.6 Å². The molecule has 0 aliphatic carbocycles. The van der Waals surface area contributed by atoms with Crippen LogP contribution in [-0.4, -0.2) is 17.5 Å². The predicted molar refractivity (Wildman–Crippen MR) is 108 cm³/mol. The number of rotatable bonds is 8. The quantitative estimate of drug-likeness (QED) is 0.703. The minimum Gasteiger partial charge on any atom is -0.312 e. The van der Waals surface area contributed by atoms with Gasteiger partial charge in [0, 0.05) is 25.0 Å². The molecule has 0 N–H and O–H groups in total. The number of anilines is 1. The Labute approximate surface area is 156 Å². The van der Waals surface area contributed by atoms with Crippen LogP contribution in [0.1, 0.15) is 61.6 Å². The lowest BCUT2D eigenvalue weighted by Gasteiger charge is -2.21. The normalized spacial score (nSPS) is 10.8. The molecule has 0 spiro atoms. The van der Waals surface area contributed by atoms with Gasteiger partial charge in [0.05, 0.1) is 0 Å². The van der Waals surface area contributed by atoms with Gasteiger partial charge in [-0.05, 0) is 43.0 Å². The Kier molecular flexibility index (Phi) is 7.19. The number of pyridine rings is 1. The summed E-state index contributed by atoms with van der Waals surface area (Å²) in [5, 5.41) is 0. The lowest BCUT2D eigenvalue weighted by molar-refractivity contribution is 0.0990. The third kappa shape index (κ3) is 4.24. The number of aryl methyl sites for hydroxylation is 1. The van der Waals surface area contributed by atoms with E-state index in [4.69, 9.17) is 0 Å². The maximum absolute atomic E-state index is 13.1. The van der Waals surface area contributed by atoms with E-state index in [-0.39, 0.29) is 17.0 Å². The smallest absolute Gasteiger partial charge is 0.263 e. The number of aromatic nitrogens is 1. The van der Waals surface area contributed by atoms with Gasteiger partial charge in [-0.3, -0.25) is 9.59 Å². The predicted octanol–water partition coefficient (Wildman–Crippen LogP) is 4.44. The zero-order valence-corrected chi connectivity index (χ0v) is 16.4. The Balaban J connectivity index is 2.54. The molecule has 0 unspecified atom stereocenters. The van der Waals surface area contributed by atoms with Crippen molar-refractivity contribution in [1.82, 2.24) is 4.57 Å². The fourth-order valence-electron chi connectivity index (χ4n) is 3.25. The number of benzene rings is 1. The molecule has 0 radical (unpaired) electrons. The van der Waals surface area contributed by atoms with Crippen LogP contribution in [0.15, 0.2) is 41.2 Å². The fraction of sp³-hybridized carbons (Fsp3) is 0.455. The van der Waals surface area contributed by atoms with Gasteiger partial charge in [-0.15, -0.1) is 0 Å². The molecule has 140 valence electrons. The Morgan fingerprint density at radius 3 is 2.35 bits per heavy atom. The minimum atomic E-state index is -0.246. The van der Waals surface area contributed by atoms with E-state index in [2.05, 4.69) is 20.8 Å². The van der Waals surface area contributed by atoms with Crippen LogP contribution in [0, 0.1) is 0 Å². The van der Waals surface area contributed by atoms with Crippen molar-refractivity contribution in [2.24, 2.45) is 0 Å². The first-order valence-electron chi connectivity index (χ1n) is 9.63. The summed E-state index contributed by atoms with van der Waals surface area (Å²) >= 11 is 0. The maximum Gasteiger partial charge on any atom is 0.263 e. The maximum atomic E-state index is 13.1. The number of hydrogen-bond donors (Lipinski definition) is 0. The average molecular weight is 354 g/mol. The molecule has 4 nitrogen and oxygen atoms in total. The molecule has 0 aliphatic rings. The number of hydrogen-bond acceptors (Lipinski definition) is 2. The summed E-state index contributed by atoms with van der Waals surface area (Å²) in [6.45, 7) is 6.99. The van der Waals surface area contributed by atoms with Crippen LogP contribution in [0.2, 0.25) is 0 Å². The van der Waals surface area contributed by atoms with Crippen LogP contribution in [-0.2, 0) is 19.4 Å². The van der Waals surface area contributed by atoms with Crippen LogP contribution in [0.5, 0.6) is 0 Å². The van der Waals surface area contributed by atoms with E-state index in [9.17, 15) is 9.59 Å². The van der Waals surface area contributed by atoms with Crippen molar-refractivity contribution in [2.45, 2.75) is 59.4 Å². The molecular weight excluding hydrogens is 324 g/mol. The molecular formula is C22H30N2O2. The van der Waals surface area contributed by atoms with Crippen LogP contribution < -0.4 is 10.5 Å². The van der Waals surface area contributed by atoms with Gasteiger partial charge < -0.3 is 9.47 Å². The highest BCUT2D eigenvalue weighted by atomic mass is 16.2. The van der Waals surface area contributed by atoms with E-state index < -0.39 is 0 Å². The standard InChI is InChI=1S/C22H30N2O2/c1-5-8-15-24-20(12-6-2)17(7-3)16-19(22(24)26)21(25)23(4)18-13-10-9-11-14-18/h9-11,13-14,16H,5-8,12,15H2,1-4H3. The van der Waals surface area contributed by atoms with Crippen LogP contribution >= 0.6 is 0 Å². The molecule has 0 saturated heterocycles. The number of amides is 1. The molecule has 0 fully saturated rings. The Bertz CT molecular complexity index is 794. The molecule has 26 heavy (non-hydrogen) atoms. The lowest BCUT2D eigenvalue weighted by atomic mass is 10.0. The molecule has 1 aromatic carbocycles. The number of nitrogens with zero attached hydrogens (tertiary/aromatic N) is 2. The Hall–Kier alpha value is -2.36. The molecule has 0 atom stereocenters. The second kappa shape index (κ2) is 9.37. The van der Waals surface area contributed by atoms with Gasteiger partial charge in [0.1, 0.15) is 5.56 Å². The van der Waals surface area contributed by atoms with Gasteiger partial charge in [-0.1, -0.05) is 51.8 Å². The summed E-state index contributed by atoms with van der Waals surface area (Å²) < 4.78 is 1.85. The second-order valence-corrected chi connectivity index (χ2v) is 6.64. The van der Waals surface area contributed by atoms with Crippen molar-refractivity contribution in [3.05, 3.63) is 63.6 Å². The average Bonchev–Trinajstić information content (AvgIpc) is 2.67. The van der Waals surface area contributed by atoms with Crippen molar-refractivity contribution in [2.75, 3.05) is 11.9 Å². The molecule has 1 amide bonds. The SMILES string of the molecule is CCCCn1c(CCC)c(CC)cc(C(=O)N(C)c2ccccc2)c1=O. The largest absolute Gasteiger partial charge is 0.312 e. The number of para-hydroxylation sites is 1. The molecule has 2 rings (SSSR count). The minimum absolute atomic E-state index is 0.160. The monoisotopic (exact) mass is 354 g/mol. The third-order valence-electron chi connectivity index (χ3n) is 4.77. The van der Waals surface area contributed by atoms with Gasteiger partial charge in [-0.25, -0.2) is 0 Å². The summed E-state index contributed by atoms with van der Waals surface area (Å²) in [5.74, 6) is -0.246. The third-order valence-corrected chi connectivity index (χ3v) is 4.77. The fourth-order valence-corrected chi connectivity index (χ4v) is 3.25. The zero-order valence-electron chi connectivity index (χ0n) is 16.4. The van der Waals surface area contributed by atoms with E-state index in [0.29, 0.717) is 6.54 Å². The molecule has 0 aliphatic heterocycles. The summed E-state index contributed by atoms with van der Waals surface area (Å²) in [4.78, 5) is 27.7. The highest BCUT2D eigenvalue weighted by Crippen LogP contribution is 2.17. The van der Waals surface area contributed by atoms with E-state index in [1.165, 1.54) is 0 Å². The molecule has 1 aromatic heterocycles. The van der Waals surface area contributed by atoms with Gasteiger partial charge in [0.15, 0.2) is 0 Å². The molecule has 0 bridgehead atoms. The van der Waals surface area contributed by atoms with Crippen molar-refractivity contribution in [3.8, 4) is 0 Å². The molecule has 4 heteroatoms. The summed E-state index contributed by atoms with van der Waals surface area (Å²) in [6.07, 6.45) is 4.62. The molecule has 2 aromatic rings. The zero-order chi connectivity index (χ0) is 19.1. The number of carbonyl (C=O) groups is 1. The van der Waals surface area contributed by atoms with E-state index in [1.807, 2.05) is 41.0 Å². The Morgan fingerprint density at radius 1 is 1.08 bits per heavy atom. The molecule has 1 heterocycles. The van der Waals surface area contributed by atoms with Crippen LogP contribution in [0.3, 0.4) is 0 Å². The van der Waals surface area contributed by atoms with Crippen molar-refractivity contribution < 1.29 is 4.79 Å². The van der Waals surface area contributed by atoms with Crippen LogP contribution in [0.4, 0.5) is 5.69 Å². The Morgan fingerprint density at radius 2 is 1.77 bits per heavy atom. The van der Waals surface area contributed by atoms with Crippen LogP contribution in [0.25, 0.3) is 0 Å².